The highest BCUT2D eigenvalue weighted by Gasteiger charge is 2.21. The second kappa shape index (κ2) is 7.82. The SMILES string of the molecule is CCCc1cc2c(=O)c(-c3ccc4c(c3)OCO4)c(CC)oc2cc1OC(C)C. The molecule has 1 aromatic heterocycles. The summed E-state index contributed by atoms with van der Waals surface area (Å²) in [6.07, 6.45) is 2.46. The second-order valence-electron chi connectivity index (χ2n) is 7.52. The minimum Gasteiger partial charge on any atom is -0.491 e. The molecule has 1 aliphatic rings. The van der Waals surface area contributed by atoms with E-state index in [0.717, 1.165) is 29.7 Å². The van der Waals surface area contributed by atoms with Crippen LogP contribution in [-0.2, 0) is 12.8 Å². The van der Waals surface area contributed by atoms with Gasteiger partial charge in [-0.05, 0) is 49.6 Å². The Balaban J connectivity index is 1.94. The van der Waals surface area contributed by atoms with Crippen molar-refractivity contribution < 1.29 is 18.6 Å². The maximum atomic E-state index is 13.5. The van der Waals surface area contributed by atoms with Gasteiger partial charge in [0.1, 0.15) is 17.1 Å². The molecule has 0 bridgehead atoms. The van der Waals surface area contributed by atoms with Gasteiger partial charge >= 0.3 is 0 Å². The minimum absolute atomic E-state index is 0.0320. The van der Waals surface area contributed by atoms with Crippen molar-refractivity contribution in [3.8, 4) is 28.4 Å². The van der Waals surface area contributed by atoms with Crippen LogP contribution in [0.15, 0.2) is 39.5 Å². The van der Waals surface area contributed by atoms with Crippen LogP contribution in [-0.4, -0.2) is 12.9 Å². The van der Waals surface area contributed by atoms with Crippen molar-refractivity contribution in [1.29, 1.82) is 0 Å². The van der Waals surface area contributed by atoms with Crippen LogP contribution < -0.4 is 19.6 Å². The van der Waals surface area contributed by atoms with Gasteiger partial charge in [0.25, 0.3) is 0 Å². The number of benzene rings is 2. The molecule has 0 fully saturated rings. The standard InChI is InChI=1S/C24H26O5/c1-5-7-15-10-17-21(12-20(15)28-14(3)4)29-18(6-2)23(24(17)25)16-8-9-19-22(11-16)27-13-26-19/h8-12,14H,5-7,13H2,1-4H3. The van der Waals surface area contributed by atoms with Gasteiger partial charge in [0.15, 0.2) is 11.5 Å². The number of fused-ring (bicyclic) bond motifs is 2. The van der Waals surface area contributed by atoms with Gasteiger partial charge in [-0.1, -0.05) is 26.3 Å². The van der Waals surface area contributed by atoms with Gasteiger partial charge in [-0.2, -0.15) is 0 Å². The Bertz CT molecular complexity index is 1110. The average Bonchev–Trinajstić information content (AvgIpc) is 3.16. The van der Waals surface area contributed by atoms with Crippen LogP contribution in [0.3, 0.4) is 0 Å². The molecule has 152 valence electrons. The predicted octanol–water partition coefficient (Wildman–Crippen LogP) is 5.49. The zero-order valence-corrected chi connectivity index (χ0v) is 17.3. The number of rotatable bonds is 6. The van der Waals surface area contributed by atoms with E-state index in [4.69, 9.17) is 18.6 Å². The molecule has 0 unspecified atom stereocenters. The fraction of sp³-hybridized carbons (Fsp3) is 0.375. The number of hydrogen-bond donors (Lipinski definition) is 0. The van der Waals surface area contributed by atoms with E-state index >= 15 is 0 Å². The highest BCUT2D eigenvalue weighted by Crippen LogP contribution is 2.37. The second-order valence-corrected chi connectivity index (χ2v) is 7.52. The lowest BCUT2D eigenvalue weighted by Crippen LogP contribution is -2.11. The molecular weight excluding hydrogens is 368 g/mol. The molecule has 0 N–H and O–H groups in total. The molecule has 5 nitrogen and oxygen atoms in total. The molecule has 3 aromatic rings. The van der Waals surface area contributed by atoms with E-state index in [1.54, 1.807) is 0 Å². The average molecular weight is 394 g/mol. The smallest absolute Gasteiger partial charge is 0.231 e. The first-order valence-electron chi connectivity index (χ1n) is 10.2. The van der Waals surface area contributed by atoms with Crippen molar-refractivity contribution in [3.05, 3.63) is 51.9 Å². The highest BCUT2D eigenvalue weighted by atomic mass is 16.7. The van der Waals surface area contributed by atoms with Crippen LogP contribution in [0.25, 0.3) is 22.1 Å². The van der Waals surface area contributed by atoms with Crippen molar-refractivity contribution in [2.75, 3.05) is 6.79 Å². The molecule has 4 rings (SSSR count). The lowest BCUT2D eigenvalue weighted by Gasteiger charge is -2.16. The topological polar surface area (TPSA) is 57.9 Å². The molecule has 0 saturated heterocycles. The van der Waals surface area contributed by atoms with Gasteiger partial charge in [-0.15, -0.1) is 0 Å². The maximum Gasteiger partial charge on any atom is 0.231 e. The van der Waals surface area contributed by atoms with Gasteiger partial charge in [0.2, 0.25) is 12.2 Å². The Kier molecular flexibility index (Phi) is 5.22. The van der Waals surface area contributed by atoms with E-state index in [0.29, 0.717) is 40.2 Å². The van der Waals surface area contributed by atoms with E-state index in [2.05, 4.69) is 6.92 Å². The van der Waals surface area contributed by atoms with Crippen LogP contribution in [0.1, 0.15) is 45.4 Å². The molecule has 0 spiro atoms. The van der Waals surface area contributed by atoms with E-state index in [1.165, 1.54) is 0 Å². The first kappa shape index (κ1) is 19.4. The van der Waals surface area contributed by atoms with Gasteiger partial charge in [-0.25, -0.2) is 0 Å². The molecule has 5 heteroatoms. The molecule has 0 radical (unpaired) electrons. The van der Waals surface area contributed by atoms with Gasteiger partial charge in [0.05, 0.1) is 17.1 Å². The maximum absolute atomic E-state index is 13.5. The zero-order chi connectivity index (χ0) is 20.5. The molecule has 0 amide bonds. The van der Waals surface area contributed by atoms with Crippen LogP contribution in [0, 0.1) is 0 Å². The molecule has 2 aromatic carbocycles. The Labute approximate surface area is 170 Å². The van der Waals surface area contributed by atoms with Crippen molar-refractivity contribution in [2.45, 2.75) is 53.1 Å². The number of aryl methyl sites for hydroxylation is 2. The third kappa shape index (κ3) is 3.57. The summed E-state index contributed by atoms with van der Waals surface area (Å²) in [4.78, 5) is 13.5. The van der Waals surface area contributed by atoms with E-state index in [1.807, 2.05) is 51.1 Å². The van der Waals surface area contributed by atoms with E-state index < -0.39 is 0 Å². The predicted molar refractivity (Wildman–Crippen MR) is 113 cm³/mol. The molecular formula is C24H26O5. The largest absolute Gasteiger partial charge is 0.491 e. The first-order chi connectivity index (χ1) is 14.0. The molecule has 29 heavy (non-hydrogen) atoms. The summed E-state index contributed by atoms with van der Waals surface area (Å²) in [6, 6.07) is 9.36. The normalized spacial score (nSPS) is 12.7. The summed E-state index contributed by atoms with van der Waals surface area (Å²) in [7, 11) is 0. The summed E-state index contributed by atoms with van der Waals surface area (Å²) in [5, 5.41) is 0.578. The summed E-state index contributed by atoms with van der Waals surface area (Å²) in [5.41, 5.74) is 2.92. The summed E-state index contributed by atoms with van der Waals surface area (Å²) in [5.74, 6) is 2.78. The Hall–Kier alpha value is -2.95. The van der Waals surface area contributed by atoms with Crippen molar-refractivity contribution in [3.63, 3.8) is 0 Å². The third-order valence-electron chi connectivity index (χ3n) is 5.01. The minimum atomic E-state index is -0.0320. The van der Waals surface area contributed by atoms with E-state index in [-0.39, 0.29) is 18.3 Å². The molecule has 0 atom stereocenters. The highest BCUT2D eigenvalue weighted by molar-refractivity contribution is 5.85. The fourth-order valence-electron chi connectivity index (χ4n) is 3.73. The van der Waals surface area contributed by atoms with Crippen molar-refractivity contribution >= 4 is 11.0 Å². The summed E-state index contributed by atoms with van der Waals surface area (Å²) >= 11 is 0. The monoisotopic (exact) mass is 394 g/mol. The Morgan fingerprint density at radius 3 is 2.59 bits per heavy atom. The van der Waals surface area contributed by atoms with Crippen LogP contribution in [0.5, 0.6) is 17.2 Å². The quantitative estimate of drug-likeness (QED) is 0.553. The fourth-order valence-corrected chi connectivity index (χ4v) is 3.73. The zero-order valence-electron chi connectivity index (χ0n) is 17.3. The van der Waals surface area contributed by atoms with Crippen LogP contribution in [0.2, 0.25) is 0 Å². The Morgan fingerprint density at radius 1 is 1.07 bits per heavy atom. The molecule has 1 aliphatic heterocycles. The molecule has 0 aliphatic carbocycles. The van der Waals surface area contributed by atoms with Crippen molar-refractivity contribution in [1.82, 2.24) is 0 Å². The van der Waals surface area contributed by atoms with Crippen LogP contribution >= 0.6 is 0 Å². The summed E-state index contributed by atoms with van der Waals surface area (Å²) < 4.78 is 23.1. The lowest BCUT2D eigenvalue weighted by molar-refractivity contribution is 0.174. The van der Waals surface area contributed by atoms with Gasteiger partial charge in [0, 0.05) is 12.5 Å². The van der Waals surface area contributed by atoms with E-state index in [9.17, 15) is 4.79 Å². The van der Waals surface area contributed by atoms with Gasteiger partial charge in [-0.3, -0.25) is 4.79 Å². The number of ether oxygens (including phenoxy) is 3. The van der Waals surface area contributed by atoms with Crippen LogP contribution in [0.4, 0.5) is 0 Å². The van der Waals surface area contributed by atoms with Gasteiger partial charge < -0.3 is 18.6 Å². The lowest BCUT2D eigenvalue weighted by atomic mass is 9.98. The molecule has 0 saturated carbocycles. The summed E-state index contributed by atoms with van der Waals surface area (Å²) in [6.45, 7) is 8.29. The number of hydrogen-bond acceptors (Lipinski definition) is 5. The Morgan fingerprint density at radius 2 is 1.86 bits per heavy atom. The molecule has 2 heterocycles. The first-order valence-corrected chi connectivity index (χ1v) is 10.2. The van der Waals surface area contributed by atoms with Crippen molar-refractivity contribution in [2.24, 2.45) is 0 Å². The third-order valence-corrected chi connectivity index (χ3v) is 5.01.